The number of hydrogen-bond acceptors (Lipinski definition) is 4. The van der Waals surface area contributed by atoms with E-state index in [2.05, 4.69) is 26.1 Å². The van der Waals surface area contributed by atoms with Gasteiger partial charge >= 0.3 is 0 Å². The SMILES string of the molecule is C#CCNC(=O)C1CCCN(c2nccc(C)n2)C1. The average Bonchev–Trinajstić information content (AvgIpc) is 2.45. The molecule has 1 N–H and O–H groups in total. The van der Waals surface area contributed by atoms with Crippen LogP contribution in [-0.4, -0.2) is 35.5 Å². The molecule has 0 spiro atoms. The standard InChI is InChI=1S/C14H18N4O/c1-3-7-15-13(19)12-5-4-9-18(10-12)14-16-8-6-11(2)17-14/h1,6,8,12H,4-5,7,9-10H2,2H3,(H,15,19). The van der Waals surface area contributed by atoms with Crippen molar-refractivity contribution in [2.24, 2.45) is 5.92 Å². The Balaban J connectivity index is 2.01. The van der Waals surface area contributed by atoms with Crippen molar-refractivity contribution in [1.82, 2.24) is 15.3 Å². The number of rotatable bonds is 3. The molecule has 0 aromatic carbocycles. The van der Waals surface area contributed by atoms with E-state index in [1.807, 2.05) is 13.0 Å². The highest BCUT2D eigenvalue weighted by Crippen LogP contribution is 2.20. The molecule has 0 aliphatic carbocycles. The van der Waals surface area contributed by atoms with E-state index in [1.165, 1.54) is 0 Å². The van der Waals surface area contributed by atoms with Crippen molar-refractivity contribution in [3.8, 4) is 12.3 Å². The molecule has 1 atom stereocenters. The maximum absolute atomic E-state index is 11.9. The van der Waals surface area contributed by atoms with Gasteiger partial charge in [-0.3, -0.25) is 4.79 Å². The van der Waals surface area contributed by atoms with Gasteiger partial charge in [-0.25, -0.2) is 9.97 Å². The van der Waals surface area contributed by atoms with Crippen molar-refractivity contribution < 1.29 is 4.79 Å². The van der Waals surface area contributed by atoms with Crippen molar-refractivity contribution in [3.63, 3.8) is 0 Å². The molecule has 1 saturated heterocycles. The van der Waals surface area contributed by atoms with Crippen molar-refractivity contribution in [1.29, 1.82) is 0 Å². The fourth-order valence-corrected chi connectivity index (χ4v) is 2.24. The first-order valence-electron chi connectivity index (χ1n) is 6.46. The van der Waals surface area contributed by atoms with Crippen LogP contribution in [0.2, 0.25) is 0 Å². The molecule has 5 nitrogen and oxygen atoms in total. The molecule has 1 aromatic rings. The van der Waals surface area contributed by atoms with E-state index in [0.29, 0.717) is 12.5 Å². The average molecular weight is 258 g/mol. The Labute approximate surface area is 113 Å². The van der Waals surface area contributed by atoms with Crippen LogP contribution >= 0.6 is 0 Å². The Kier molecular flexibility index (Phi) is 4.35. The van der Waals surface area contributed by atoms with Gasteiger partial charge in [0.15, 0.2) is 0 Å². The van der Waals surface area contributed by atoms with Crippen LogP contribution in [0.4, 0.5) is 5.95 Å². The summed E-state index contributed by atoms with van der Waals surface area (Å²) < 4.78 is 0. The minimum Gasteiger partial charge on any atom is -0.345 e. The molecule has 2 rings (SSSR count). The van der Waals surface area contributed by atoms with Gasteiger partial charge in [-0.1, -0.05) is 5.92 Å². The van der Waals surface area contributed by atoms with Crippen molar-refractivity contribution >= 4 is 11.9 Å². The van der Waals surface area contributed by atoms with Crippen LogP contribution in [0, 0.1) is 25.2 Å². The number of nitrogens with one attached hydrogen (secondary N) is 1. The van der Waals surface area contributed by atoms with Gasteiger partial charge in [-0.2, -0.15) is 0 Å². The fourth-order valence-electron chi connectivity index (χ4n) is 2.24. The van der Waals surface area contributed by atoms with E-state index < -0.39 is 0 Å². The highest BCUT2D eigenvalue weighted by Gasteiger charge is 2.26. The molecule has 19 heavy (non-hydrogen) atoms. The zero-order valence-corrected chi connectivity index (χ0v) is 11.1. The number of carbonyl (C=O) groups excluding carboxylic acids is 1. The molecule has 5 heteroatoms. The summed E-state index contributed by atoms with van der Waals surface area (Å²) >= 11 is 0. The maximum Gasteiger partial charge on any atom is 0.225 e. The smallest absolute Gasteiger partial charge is 0.225 e. The second-order valence-corrected chi connectivity index (χ2v) is 4.71. The third-order valence-corrected chi connectivity index (χ3v) is 3.22. The number of aryl methyl sites for hydroxylation is 1. The maximum atomic E-state index is 11.9. The zero-order chi connectivity index (χ0) is 13.7. The lowest BCUT2D eigenvalue weighted by Gasteiger charge is -2.31. The number of piperidine rings is 1. The second-order valence-electron chi connectivity index (χ2n) is 4.71. The molecule has 1 aliphatic heterocycles. The third kappa shape index (κ3) is 3.44. The molecule has 100 valence electrons. The normalized spacial score (nSPS) is 18.7. The number of carbonyl (C=O) groups is 1. The number of hydrogen-bond donors (Lipinski definition) is 1. The van der Waals surface area contributed by atoms with Gasteiger partial charge in [0.05, 0.1) is 12.5 Å². The highest BCUT2D eigenvalue weighted by atomic mass is 16.1. The van der Waals surface area contributed by atoms with Gasteiger partial charge in [-0.05, 0) is 25.8 Å². The number of terminal acetylenes is 1. The fraction of sp³-hybridized carbons (Fsp3) is 0.500. The van der Waals surface area contributed by atoms with Crippen molar-refractivity contribution in [2.45, 2.75) is 19.8 Å². The van der Waals surface area contributed by atoms with Gasteiger partial charge in [0.2, 0.25) is 11.9 Å². The lowest BCUT2D eigenvalue weighted by atomic mass is 9.97. The molecular weight excluding hydrogens is 240 g/mol. The summed E-state index contributed by atoms with van der Waals surface area (Å²) in [5.41, 5.74) is 0.934. The first-order valence-corrected chi connectivity index (χ1v) is 6.46. The topological polar surface area (TPSA) is 58.1 Å². The molecule has 1 aliphatic rings. The van der Waals surface area contributed by atoms with Crippen molar-refractivity contribution in [3.05, 3.63) is 18.0 Å². The summed E-state index contributed by atoms with van der Waals surface area (Å²) in [4.78, 5) is 22.7. The number of aromatic nitrogens is 2. The molecule has 2 heterocycles. The molecule has 0 radical (unpaired) electrons. The minimum absolute atomic E-state index is 0.0234. The van der Waals surface area contributed by atoms with Crippen LogP contribution in [-0.2, 0) is 4.79 Å². The summed E-state index contributed by atoms with van der Waals surface area (Å²) in [6, 6.07) is 1.87. The van der Waals surface area contributed by atoms with E-state index >= 15 is 0 Å². The first-order chi connectivity index (χ1) is 9.20. The molecule has 0 saturated carbocycles. The number of nitrogens with zero attached hydrogens (tertiary/aromatic N) is 3. The Morgan fingerprint density at radius 1 is 1.68 bits per heavy atom. The lowest BCUT2D eigenvalue weighted by molar-refractivity contribution is -0.124. The monoisotopic (exact) mass is 258 g/mol. The van der Waals surface area contributed by atoms with E-state index in [1.54, 1.807) is 6.20 Å². The summed E-state index contributed by atoms with van der Waals surface area (Å²) in [6.45, 7) is 3.77. The summed E-state index contributed by atoms with van der Waals surface area (Å²) in [5, 5.41) is 2.74. The van der Waals surface area contributed by atoms with Gasteiger partial charge in [0, 0.05) is 25.0 Å². The molecule has 1 aromatic heterocycles. The highest BCUT2D eigenvalue weighted by molar-refractivity contribution is 5.79. The summed E-state index contributed by atoms with van der Waals surface area (Å²) in [5.74, 6) is 3.11. The summed E-state index contributed by atoms with van der Waals surface area (Å²) in [7, 11) is 0. The number of amides is 1. The third-order valence-electron chi connectivity index (χ3n) is 3.22. The number of anilines is 1. The molecule has 0 bridgehead atoms. The molecule has 1 amide bonds. The van der Waals surface area contributed by atoms with E-state index in [9.17, 15) is 4.79 Å². The van der Waals surface area contributed by atoms with E-state index in [-0.39, 0.29) is 18.4 Å². The summed E-state index contributed by atoms with van der Waals surface area (Å²) in [6.07, 6.45) is 8.75. The minimum atomic E-state index is -0.0359. The Bertz CT molecular complexity index is 494. The van der Waals surface area contributed by atoms with Crippen LogP contribution in [0.1, 0.15) is 18.5 Å². The Morgan fingerprint density at radius 2 is 2.53 bits per heavy atom. The largest absolute Gasteiger partial charge is 0.345 e. The van der Waals surface area contributed by atoms with Crippen LogP contribution < -0.4 is 10.2 Å². The van der Waals surface area contributed by atoms with E-state index in [0.717, 1.165) is 25.1 Å². The Morgan fingerprint density at radius 3 is 3.26 bits per heavy atom. The molecule has 1 unspecified atom stereocenters. The van der Waals surface area contributed by atoms with Crippen LogP contribution in [0.15, 0.2) is 12.3 Å². The van der Waals surface area contributed by atoms with E-state index in [4.69, 9.17) is 6.42 Å². The van der Waals surface area contributed by atoms with Gasteiger partial charge in [0.1, 0.15) is 0 Å². The molecular formula is C14H18N4O. The van der Waals surface area contributed by atoms with Gasteiger partial charge in [-0.15, -0.1) is 6.42 Å². The second kappa shape index (κ2) is 6.19. The first kappa shape index (κ1) is 13.3. The van der Waals surface area contributed by atoms with Crippen LogP contribution in [0.3, 0.4) is 0 Å². The predicted molar refractivity (Wildman–Crippen MR) is 73.5 cm³/mol. The van der Waals surface area contributed by atoms with Gasteiger partial charge < -0.3 is 10.2 Å². The predicted octanol–water partition coefficient (Wildman–Crippen LogP) is 0.751. The van der Waals surface area contributed by atoms with Gasteiger partial charge in [0.25, 0.3) is 0 Å². The quantitative estimate of drug-likeness (QED) is 0.813. The molecule has 1 fully saturated rings. The lowest BCUT2D eigenvalue weighted by Crippen LogP contribution is -2.43. The zero-order valence-electron chi connectivity index (χ0n) is 11.1. The van der Waals surface area contributed by atoms with Crippen LogP contribution in [0.5, 0.6) is 0 Å². The van der Waals surface area contributed by atoms with Crippen LogP contribution in [0.25, 0.3) is 0 Å². The Hall–Kier alpha value is -2.09. The van der Waals surface area contributed by atoms with Crippen molar-refractivity contribution in [2.75, 3.05) is 24.5 Å².